The first-order valence-electron chi connectivity index (χ1n) is 9.18. The highest BCUT2D eigenvalue weighted by atomic mass is 19.1. The van der Waals surface area contributed by atoms with Gasteiger partial charge in [-0.15, -0.1) is 0 Å². The molecule has 7 heteroatoms. The Hall–Kier alpha value is -3.63. The highest BCUT2D eigenvalue weighted by molar-refractivity contribution is 5.85. The second-order valence-corrected chi connectivity index (χ2v) is 6.76. The molecular formula is C22H19FN4O2. The third-order valence-electron chi connectivity index (χ3n) is 4.66. The van der Waals surface area contributed by atoms with Gasteiger partial charge in [0.05, 0.1) is 16.6 Å². The molecule has 0 saturated heterocycles. The van der Waals surface area contributed by atoms with Gasteiger partial charge in [-0.3, -0.25) is 4.40 Å². The highest BCUT2D eigenvalue weighted by Gasteiger charge is 2.15. The summed E-state index contributed by atoms with van der Waals surface area (Å²) in [5, 5.41) is 23.1. The van der Waals surface area contributed by atoms with Crippen molar-refractivity contribution >= 4 is 22.5 Å². The van der Waals surface area contributed by atoms with Gasteiger partial charge in [-0.2, -0.15) is 5.26 Å². The minimum Gasteiger partial charge on any atom is -0.491 e. The first kappa shape index (κ1) is 18.7. The summed E-state index contributed by atoms with van der Waals surface area (Å²) in [4.78, 5) is 4.60. The third-order valence-corrected chi connectivity index (χ3v) is 4.66. The van der Waals surface area contributed by atoms with Crippen molar-refractivity contribution in [3.05, 3.63) is 71.5 Å². The number of ether oxygens (including phenoxy) is 1. The number of aryl methyl sites for hydroxylation is 1. The molecule has 4 rings (SSSR count). The normalized spacial score (nSPS) is 12.1. The second-order valence-electron chi connectivity index (χ2n) is 6.76. The maximum atomic E-state index is 13.0. The quantitative estimate of drug-likeness (QED) is 0.525. The number of pyridine rings is 1. The molecule has 0 saturated carbocycles. The minimum absolute atomic E-state index is 0.0573. The molecule has 4 aromatic rings. The summed E-state index contributed by atoms with van der Waals surface area (Å²) in [5.41, 5.74) is 3.56. The standard InChI is InChI=1S/C22H19FN4O2/c1-14-10-21(25-12-16(28)13-29-17-8-6-15(23)7-9-17)27-20-5-3-2-4-19(20)26-22(27)18(14)11-24/h2-10,16,25,28H,12-13H2,1H3. The van der Waals surface area contributed by atoms with E-state index < -0.39 is 6.10 Å². The smallest absolute Gasteiger partial charge is 0.157 e. The molecular weight excluding hydrogens is 371 g/mol. The number of aliphatic hydroxyl groups excluding tert-OH is 1. The molecule has 2 aromatic carbocycles. The van der Waals surface area contributed by atoms with Crippen LogP contribution in [-0.4, -0.2) is 33.7 Å². The van der Waals surface area contributed by atoms with Crippen molar-refractivity contribution in [3.63, 3.8) is 0 Å². The largest absolute Gasteiger partial charge is 0.491 e. The fraction of sp³-hybridized carbons (Fsp3) is 0.182. The van der Waals surface area contributed by atoms with E-state index >= 15 is 0 Å². The Kier molecular flexibility index (Phi) is 5.02. The SMILES string of the molecule is Cc1cc(NCC(O)COc2ccc(F)cc2)n2c(nc3ccccc32)c1C#N. The van der Waals surface area contributed by atoms with Crippen LogP contribution >= 0.6 is 0 Å². The van der Waals surface area contributed by atoms with Gasteiger partial charge < -0.3 is 15.2 Å². The predicted octanol–water partition coefficient (Wildman–Crippen LogP) is 3.66. The Morgan fingerprint density at radius 3 is 2.76 bits per heavy atom. The number of halogens is 1. The van der Waals surface area contributed by atoms with Crippen LogP contribution in [-0.2, 0) is 0 Å². The zero-order chi connectivity index (χ0) is 20.4. The summed E-state index contributed by atoms with van der Waals surface area (Å²) >= 11 is 0. The van der Waals surface area contributed by atoms with Crippen LogP contribution in [0.4, 0.5) is 10.2 Å². The molecule has 6 nitrogen and oxygen atoms in total. The van der Waals surface area contributed by atoms with Crippen molar-refractivity contribution in [1.29, 1.82) is 5.26 Å². The lowest BCUT2D eigenvalue weighted by atomic mass is 10.1. The topological polar surface area (TPSA) is 82.6 Å². The summed E-state index contributed by atoms with van der Waals surface area (Å²) in [5.74, 6) is 0.876. The zero-order valence-corrected chi connectivity index (χ0v) is 15.8. The number of nitriles is 1. The van der Waals surface area contributed by atoms with Crippen LogP contribution in [0.1, 0.15) is 11.1 Å². The fourth-order valence-corrected chi connectivity index (χ4v) is 3.23. The third kappa shape index (κ3) is 3.71. The summed E-state index contributed by atoms with van der Waals surface area (Å²) in [6.07, 6.45) is -0.791. The number of fused-ring (bicyclic) bond motifs is 3. The minimum atomic E-state index is -0.791. The lowest BCUT2D eigenvalue weighted by Gasteiger charge is -2.16. The van der Waals surface area contributed by atoms with Crippen molar-refractivity contribution < 1.29 is 14.2 Å². The van der Waals surface area contributed by atoms with Crippen molar-refractivity contribution in [2.75, 3.05) is 18.5 Å². The van der Waals surface area contributed by atoms with E-state index in [0.717, 1.165) is 22.4 Å². The van der Waals surface area contributed by atoms with Gasteiger partial charge in [0.15, 0.2) is 5.65 Å². The molecule has 0 fully saturated rings. The number of hydrogen-bond acceptors (Lipinski definition) is 5. The molecule has 0 aliphatic heterocycles. The number of aromatic nitrogens is 2. The molecule has 1 unspecified atom stereocenters. The first-order valence-corrected chi connectivity index (χ1v) is 9.18. The molecule has 146 valence electrons. The number of rotatable bonds is 6. The lowest BCUT2D eigenvalue weighted by Crippen LogP contribution is -2.27. The molecule has 0 radical (unpaired) electrons. The van der Waals surface area contributed by atoms with E-state index in [9.17, 15) is 14.8 Å². The molecule has 0 amide bonds. The fourth-order valence-electron chi connectivity index (χ4n) is 3.23. The predicted molar refractivity (Wildman–Crippen MR) is 109 cm³/mol. The van der Waals surface area contributed by atoms with Crippen LogP contribution in [0.2, 0.25) is 0 Å². The van der Waals surface area contributed by atoms with E-state index in [4.69, 9.17) is 4.74 Å². The van der Waals surface area contributed by atoms with Crippen LogP contribution in [0.15, 0.2) is 54.6 Å². The Balaban J connectivity index is 1.56. The second kappa shape index (κ2) is 7.78. The van der Waals surface area contributed by atoms with Gasteiger partial charge in [0.25, 0.3) is 0 Å². The zero-order valence-electron chi connectivity index (χ0n) is 15.8. The maximum absolute atomic E-state index is 13.0. The summed E-state index contributed by atoms with van der Waals surface area (Å²) in [7, 11) is 0. The van der Waals surface area contributed by atoms with E-state index in [1.54, 1.807) is 0 Å². The molecule has 2 aromatic heterocycles. The Morgan fingerprint density at radius 2 is 2.00 bits per heavy atom. The number of nitrogens with zero attached hydrogens (tertiary/aromatic N) is 3. The van der Waals surface area contributed by atoms with Crippen LogP contribution < -0.4 is 10.1 Å². The molecule has 2 N–H and O–H groups in total. The van der Waals surface area contributed by atoms with E-state index in [1.165, 1.54) is 24.3 Å². The summed E-state index contributed by atoms with van der Waals surface area (Å²) < 4.78 is 20.3. The molecule has 0 bridgehead atoms. The maximum Gasteiger partial charge on any atom is 0.157 e. The molecule has 0 aliphatic carbocycles. The van der Waals surface area contributed by atoms with E-state index in [1.807, 2.05) is 41.7 Å². The number of imidazole rings is 1. The number of hydrogen-bond donors (Lipinski definition) is 2. The number of para-hydroxylation sites is 2. The van der Waals surface area contributed by atoms with Crippen LogP contribution in [0.5, 0.6) is 5.75 Å². The van der Waals surface area contributed by atoms with Gasteiger partial charge in [-0.1, -0.05) is 12.1 Å². The van der Waals surface area contributed by atoms with Crippen molar-refractivity contribution in [2.24, 2.45) is 0 Å². The van der Waals surface area contributed by atoms with Crippen LogP contribution in [0, 0.1) is 24.1 Å². The number of nitrogens with one attached hydrogen (secondary N) is 1. The van der Waals surface area contributed by atoms with E-state index in [-0.39, 0.29) is 19.0 Å². The molecule has 0 aliphatic rings. The summed E-state index contributed by atoms with van der Waals surface area (Å²) in [6.45, 7) is 2.15. The van der Waals surface area contributed by atoms with Gasteiger partial charge in [-0.25, -0.2) is 9.37 Å². The van der Waals surface area contributed by atoms with Gasteiger partial charge in [0.2, 0.25) is 0 Å². The molecule has 2 heterocycles. The highest BCUT2D eigenvalue weighted by Crippen LogP contribution is 2.26. The van der Waals surface area contributed by atoms with E-state index in [0.29, 0.717) is 17.0 Å². The Morgan fingerprint density at radius 1 is 1.24 bits per heavy atom. The Labute approximate surface area is 166 Å². The van der Waals surface area contributed by atoms with Gasteiger partial charge in [-0.05, 0) is 55.0 Å². The van der Waals surface area contributed by atoms with Crippen molar-refractivity contribution in [2.45, 2.75) is 13.0 Å². The molecule has 29 heavy (non-hydrogen) atoms. The van der Waals surface area contributed by atoms with Crippen LogP contribution in [0.25, 0.3) is 16.7 Å². The number of benzene rings is 2. The monoisotopic (exact) mass is 390 g/mol. The number of anilines is 1. The van der Waals surface area contributed by atoms with E-state index in [2.05, 4.69) is 16.4 Å². The van der Waals surface area contributed by atoms with Crippen molar-refractivity contribution in [1.82, 2.24) is 9.38 Å². The summed E-state index contributed by atoms with van der Waals surface area (Å²) in [6, 6.07) is 17.4. The average molecular weight is 390 g/mol. The van der Waals surface area contributed by atoms with Gasteiger partial charge in [0, 0.05) is 6.54 Å². The van der Waals surface area contributed by atoms with Gasteiger partial charge >= 0.3 is 0 Å². The van der Waals surface area contributed by atoms with Crippen molar-refractivity contribution in [3.8, 4) is 11.8 Å². The van der Waals surface area contributed by atoms with Gasteiger partial charge in [0.1, 0.15) is 36.2 Å². The average Bonchev–Trinajstić information content (AvgIpc) is 3.11. The Bertz CT molecular complexity index is 1210. The first-order chi connectivity index (χ1) is 14.1. The molecule has 0 spiro atoms. The lowest BCUT2D eigenvalue weighted by molar-refractivity contribution is 0.117. The van der Waals surface area contributed by atoms with Crippen LogP contribution in [0.3, 0.4) is 0 Å². The molecule has 1 atom stereocenters. The number of aliphatic hydroxyl groups is 1.